The summed E-state index contributed by atoms with van der Waals surface area (Å²) in [6, 6.07) is 0. The second kappa shape index (κ2) is 3.85. The highest BCUT2D eigenvalue weighted by molar-refractivity contribution is 6.17. The summed E-state index contributed by atoms with van der Waals surface area (Å²) in [7, 11) is 1.95. The van der Waals surface area contributed by atoms with Crippen molar-refractivity contribution in [1.82, 2.24) is 9.55 Å². The second-order valence-electron chi connectivity index (χ2n) is 3.79. The van der Waals surface area contributed by atoms with E-state index >= 15 is 0 Å². The molecule has 0 atom stereocenters. The van der Waals surface area contributed by atoms with Crippen molar-refractivity contribution < 1.29 is 0 Å². The Bertz CT molecular complexity index is 441. The molecule has 0 saturated heterocycles. The van der Waals surface area contributed by atoms with Crippen molar-refractivity contribution in [2.24, 2.45) is 0 Å². The van der Waals surface area contributed by atoms with Crippen molar-refractivity contribution in [3.63, 3.8) is 0 Å². The molecule has 0 radical (unpaired) electrons. The van der Waals surface area contributed by atoms with Gasteiger partial charge in [-0.05, 0) is 13.3 Å². The molecule has 15 heavy (non-hydrogen) atoms. The highest BCUT2D eigenvalue weighted by Gasteiger charge is 2.21. The minimum atomic E-state index is 0.0718. The van der Waals surface area contributed by atoms with Crippen molar-refractivity contribution in [2.75, 3.05) is 24.4 Å². The fourth-order valence-electron chi connectivity index (χ4n) is 1.91. The predicted octanol–water partition coefficient (Wildman–Crippen LogP) is 0.783. The van der Waals surface area contributed by atoms with Crippen LogP contribution in [0.1, 0.15) is 11.3 Å². The average molecular weight is 228 g/mol. The Morgan fingerprint density at radius 3 is 2.87 bits per heavy atom. The first-order valence-corrected chi connectivity index (χ1v) is 5.56. The molecule has 0 aliphatic carbocycles. The van der Waals surface area contributed by atoms with Gasteiger partial charge in [0.25, 0.3) is 5.56 Å². The van der Waals surface area contributed by atoms with Crippen molar-refractivity contribution in [1.29, 1.82) is 0 Å². The molecule has 0 unspecified atom stereocenters. The topological polar surface area (TPSA) is 38.1 Å². The Morgan fingerprint density at radius 1 is 1.47 bits per heavy atom. The molecule has 0 saturated carbocycles. The van der Waals surface area contributed by atoms with Crippen LogP contribution in [-0.2, 0) is 13.0 Å². The van der Waals surface area contributed by atoms with Gasteiger partial charge in [0.2, 0.25) is 5.95 Å². The van der Waals surface area contributed by atoms with E-state index in [1.807, 2.05) is 18.9 Å². The largest absolute Gasteiger partial charge is 0.343 e. The van der Waals surface area contributed by atoms with Gasteiger partial charge < -0.3 is 4.90 Å². The normalized spacial score (nSPS) is 14.5. The van der Waals surface area contributed by atoms with Crippen LogP contribution in [0.3, 0.4) is 0 Å². The van der Waals surface area contributed by atoms with Gasteiger partial charge in [0, 0.05) is 37.3 Å². The third kappa shape index (κ3) is 1.63. The lowest BCUT2D eigenvalue weighted by Crippen LogP contribution is -2.25. The molecule has 1 aliphatic heterocycles. The summed E-state index contributed by atoms with van der Waals surface area (Å²) < 4.78 is 1.73. The molecule has 0 fully saturated rings. The molecular formula is C10H14ClN3O. The van der Waals surface area contributed by atoms with E-state index in [9.17, 15) is 4.79 Å². The lowest BCUT2D eigenvalue weighted by Gasteiger charge is -2.12. The van der Waals surface area contributed by atoms with Gasteiger partial charge in [-0.15, -0.1) is 11.6 Å². The first-order chi connectivity index (χ1) is 7.15. The van der Waals surface area contributed by atoms with E-state index in [1.165, 1.54) is 0 Å². The van der Waals surface area contributed by atoms with Gasteiger partial charge in [-0.1, -0.05) is 0 Å². The van der Waals surface area contributed by atoms with E-state index in [0.29, 0.717) is 12.3 Å². The van der Waals surface area contributed by atoms with Crippen LogP contribution in [0.15, 0.2) is 4.79 Å². The number of hydrogen-bond donors (Lipinski definition) is 0. The molecule has 0 amide bonds. The average Bonchev–Trinajstić information content (AvgIpc) is 2.55. The number of hydrogen-bond acceptors (Lipinski definition) is 3. The van der Waals surface area contributed by atoms with Crippen molar-refractivity contribution in [3.8, 4) is 0 Å². The number of anilines is 1. The molecule has 4 nitrogen and oxygen atoms in total. The Hall–Kier alpha value is -1.03. The molecule has 82 valence electrons. The van der Waals surface area contributed by atoms with Gasteiger partial charge in [0.15, 0.2) is 0 Å². The zero-order chi connectivity index (χ0) is 11.0. The summed E-state index contributed by atoms with van der Waals surface area (Å²) in [5, 5.41) is 0. The maximum atomic E-state index is 12.1. The number of likely N-dealkylation sites (N-methyl/N-ethyl adjacent to an activating group) is 1. The summed E-state index contributed by atoms with van der Waals surface area (Å²) in [5.41, 5.74) is 1.63. The van der Waals surface area contributed by atoms with Gasteiger partial charge >= 0.3 is 0 Å². The number of aryl methyl sites for hydroxylation is 1. The molecule has 0 aromatic carbocycles. The third-order valence-electron chi connectivity index (χ3n) is 2.79. The number of rotatable bonds is 2. The molecule has 2 rings (SSSR count). The predicted molar refractivity (Wildman–Crippen MR) is 60.9 cm³/mol. The van der Waals surface area contributed by atoms with Crippen molar-refractivity contribution in [3.05, 3.63) is 21.6 Å². The van der Waals surface area contributed by atoms with Gasteiger partial charge in [-0.25, -0.2) is 4.98 Å². The molecule has 1 aromatic heterocycles. The fraction of sp³-hybridized carbons (Fsp3) is 0.600. The monoisotopic (exact) mass is 227 g/mol. The highest BCUT2D eigenvalue weighted by Crippen LogP contribution is 2.16. The van der Waals surface area contributed by atoms with E-state index in [2.05, 4.69) is 4.98 Å². The standard InChI is InChI=1S/C10H14ClN3O/c1-7-8(3-4-11)9(15)14-6-5-13(2)10(14)12-7/h3-6H2,1-2H3. The molecule has 0 bridgehead atoms. The van der Waals surface area contributed by atoms with Crippen LogP contribution in [0.2, 0.25) is 0 Å². The second-order valence-corrected chi connectivity index (χ2v) is 4.17. The number of fused-ring (bicyclic) bond motifs is 1. The van der Waals surface area contributed by atoms with Crippen LogP contribution in [0.5, 0.6) is 0 Å². The molecule has 2 heterocycles. The summed E-state index contributed by atoms with van der Waals surface area (Å²) in [6.45, 7) is 3.45. The van der Waals surface area contributed by atoms with Crippen LogP contribution in [0.25, 0.3) is 0 Å². The highest BCUT2D eigenvalue weighted by atomic mass is 35.5. The maximum absolute atomic E-state index is 12.1. The van der Waals surface area contributed by atoms with Crippen LogP contribution >= 0.6 is 11.6 Å². The van der Waals surface area contributed by atoms with Gasteiger partial charge in [-0.3, -0.25) is 9.36 Å². The molecule has 1 aliphatic rings. The third-order valence-corrected chi connectivity index (χ3v) is 2.98. The smallest absolute Gasteiger partial charge is 0.258 e. The summed E-state index contributed by atoms with van der Waals surface area (Å²) in [4.78, 5) is 18.5. The zero-order valence-electron chi connectivity index (χ0n) is 8.96. The van der Waals surface area contributed by atoms with Gasteiger partial charge in [0.1, 0.15) is 0 Å². The van der Waals surface area contributed by atoms with Crippen LogP contribution in [-0.4, -0.2) is 29.0 Å². The Labute approximate surface area is 93.5 Å². The first kappa shape index (κ1) is 10.5. The van der Waals surface area contributed by atoms with E-state index in [0.717, 1.165) is 30.3 Å². The molecule has 1 aromatic rings. The van der Waals surface area contributed by atoms with E-state index in [1.54, 1.807) is 4.57 Å². The Balaban J connectivity index is 2.58. The fourth-order valence-corrected chi connectivity index (χ4v) is 2.10. The lowest BCUT2D eigenvalue weighted by atomic mass is 10.2. The molecule has 5 heteroatoms. The number of alkyl halides is 1. The van der Waals surface area contributed by atoms with Crippen molar-refractivity contribution >= 4 is 17.5 Å². The maximum Gasteiger partial charge on any atom is 0.258 e. The molecule has 0 N–H and O–H groups in total. The zero-order valence-corrected chi connectivity index (χ0v) is 9.71. The van der Waals surface area contributed by atoms with E-state index in [-0.39, 0.29) is 5.56 Å². The van der Waals surface area contributed by atoms with Gasteiger partial charge in [0.05, 0.1) is 0 Å². The minimum absolute atomic E-state index is 0.0718. The number of aromatic nitrogens is 2. The van der Waals surface area contributed by atoms with Crippen LogP contribution in [0.4, 0.5) is 5.95 Å². The molecular weight excluding hydrogens is 214 g/mol. The Morgan fingerprint density at radius 2 is 2.20 bits per heavy atom. The first-order valence-electron chi connectivity index (χ1n) is 5.02. The number of nitrogens with zero attached hydrogens (tertiary/aromatic N) is 3. The summed E-state index contributed by atoms with van der Waals surface area (Å²) in [5.74, 6) is 1.24. The van der Waals surface area contributed by atoms with E-state index in [4.69, 9.17) is 11.6 Å². The minimum Gasteiger partial charge on any atom is -0.343 e. The van der Waals surface area contributed by atoms with E-state index < -0.39 is 0 Å². The summed E-state index contributed by atoms with van der Waals surface area (Å²) >= 11 is 5.67. The number of halogens is 1. The lowest BCUT2D eigenvalue weighted by molar-refractivity contribution is 0.739. The molecule has 0 spiro atoms. The Kier molecular flexibility index (Phi) is 2.69. The summed E-state index contributed by atoms with van der Waals surface area (Å²) in [6.07, 6.45) is 0.600. The van der Waals surface area contributed by atoms with Crippen LogP contribution < -0.4 is 10.5 Å². The SMILES string of the molecule is Cc1nc2n(c(=O)c1CCCl)CCN2C. The van der Waals surface area contributed by atoms with Crippen LogP contribution in [0, 0.1) is 6.92 Å². The van der Waals surface area contributed by atoms with Crippen molar-refractivity contribution in [2.45, 2.75) is 19.9 Å². The quantitative estimate of drug-likeness (QED) is 0.701. The van der Waals surface area contributed by atoms with Gasteiger partial charge in [-0.2, -0.15) is 0 Å².